The van der Waals surface area contributed by atoms with Crippen molar-refractivity contribution in [3.63, 3.8) is 0 Å². The Labute approximate surface area is 123 Å². The number of hydrogen-bond acceptors (Lipinski definition) is 0. The number of hydrogen-bond donors (Lipinski definition) is 0. The van der Waals surface area contributed by atoms with E-state index in [1.54, 1.807) is 0 Å². The number of rotatable bonds is 0. The van der Waals surface area contributed by atoms with Crippen LogP contribution in [0.5, 0.6) is 0 Å². The van der Waals surface area contributed by atoms with Gasteiger partial charge in [0.25, 0.3) is 0 Å². The molecule has 0 heteroatoms. The third-order valence-corrected chi connectivity index (χ3v) is 4.57. The van der Waals surface area contributed by atoms with E-state index in [0.717, 1.165) is 5.56 Å². The highest BCUT2D eigenvalue weighted by Crippen LogP contribution is 2.39. The highest BCUT2D eigenvalue weighted by Gasteiger charge is 2.08. The van der Waals surface area contributed by atoms with E-state index in [2.05, 4.69) is 73.7 Å². The Morgan fingerprint density at radius 1 is 0.524 bits per heavy atom. The fourth-order valence-electron chi connectivity index (χ4n) is 3.65. The molecule has 0 fully saturated rings. The van der Waals surface area contributed by atoms with Gasteiger partial charge in [0.15, 0.2) is 0 Å². The molecule has 5 rings (SSSR count). The van der Waals surface area contributed by atoms with Gasteiger partial charge < -0.3 is 0 Å². The van der Waals surface area contributed by atoms with Gasteiger partial charge in [-0.25, -0.2) is 0 Å². The maximum absolute atomic E-state index is 4.28. The van der Waals surface area contributed by atoms with Gasteiger partial charge >= 0.3 is 0 Å². The van der Waals surface area contributed by atoms with Gasteiger partial charge in [0.1, 0.15) is 0 Å². The SMILES string of the molecule is [CH2-]c1cc2c3ccccc3cc3ccc4cccc1c4c32. The summed E-state index contributed by atoms with van der Waals surface area (Å²) in [6.45, 7) is 4.28. The Kier molecular flexibility index (Phi) is 1.92. The summed E-state index contributed by atoms with van der Waals surface area (Å²) in [5.41, 5.74) is 1.11. The summed E-state index contributed by atoms with van der Waals surface area (Å²) in [5.74, 6) is 0. The lowest BCUT2D eigenvalue weighted by Crippen LogP contribution is -1.88. The number of fused-ring (bicyclic) bond motifs is 2. The van der Waals surface area contributed by atoms with E-state index in [4.69, 9.17) is 0 Å². The summed E-state index contributed by atoms with van der Waals surface area (Å²) in [7, 11) is 0. The molecule has 0 amide bonds. The molecule has 0 N–H and O–H groups in total. The molecule has 0 aliphatic carbocycles. The Morgan fingerprint density at radius 3 is 2.19 bits per heavy atom. The van der Waals surface area contributed by atoms with Crippen molar-refractivity contribution in [2.45, 2.75) is 0 Å². The molecule has 0 heterocycles. The average Bonchev–Trinajstić information content (AvgIpc) is 2.53. The summed E-state index contributed by atoms with van der Waals surface area (Å²) in [4.78, 5) is 0. The van der Waals surface area contributed by atoms with Crippen LogP contribution < -0.4 is 0 Å². The van der Waals surface area contributed by atoms with Crippen molar-refractivity contribution in [1.82, 2.24) is 0 Å². The highest BCUT2D eigenvalue weighted by atomic mass is 14.1. The van der Waals surface area contributed by atoms with Gasteiger partial charge in [-0.3, -0.25) is 0 Å². The first-order valence-corrected chi connectivity index (χ1v) is 7.24. The molecule has 0 bridgehead atoms. The van der Waals surface area contributed by atoms with E-state index in [1.807, 2.05) is 0 Å². The molecule has 0 aliphatic heterocycles. The monoisotopic (exact) mass is 265 g/mol. The van der Waals surface area contributed by atoms with E-state index in [0.29, 0.717) is 0 Å². The molecule has 0 unspecified atom stereocenters. The Morgan fingerprint density at radius 2 is 1.24 bits per heavy atom. The fourth-order valence-corrected chi connectivity index (χ4v) is 3.65. The molecule has 0 aromatic heterocycles. The van der Waals surface area contributed by atoms with Crippen molar-refractivity contribution >= 4 is 43.1 Å². The van der Waals surface area contributed by atoms with Crippen molar-refractivity contribution in [2.24, 2.45) is 0 Å². The third-order valence-electron chi connectivity index (χ3n) is 4.57. The maximum Gasteiger partial charge on any atom is -0.0182 e. The molecular weight excluding hydrogens is 252 g/mol. The fraction of sp³-hybridized carbons (Fsp3) is 0. The second-order valence-corrected chi connectivity index (χ2v) is 5.75. The van der Waals surface area contributed by atoms with Crippen LogP contribution in [0.4, 0.5) is 0 Å². The molecule has 0 atom stereocenters. The van der Waals surface area contributed by atoms with Gasteiger partial charge in [0.05, 0.1) is 0 Å². The van der Waals surface area contributed by atoms with Gasteiger partial charge in [-0.15, -0.1) is 11.5 Å². The molecule has 0 spiro atoms. The second-order valence-electron chi connectivity index (χ2n) is 5.75. The summed E-state index contributed by atoms with van der Waals surface area (Å²) in [6, 6.07) is 24.1. The van der Waals surface area contributed by atoms with E-state index in [-0.39, 0.29) is 0 Å². The summed E-state index contributed by atoms with van der Waals surface area (Å²) < 4.78 is 0. The highest BCUT2D eigenvalue weighted by molar-refractivity contribution is 6.29. The van der Waals surface area contributed by atoms with Crippen LogP contribution in [0.25, 0.3) is 43.1 Å². The van der Waals surface area contributed by atoms with Gasteiger partial charge in [0, 0.05) is 0 Å². The molecule has 0 aliphatic rings. The molecule has 5 aromatic carbocycles. The van der Waals surface area contributed by atoms with Gasteiger partial charge in [-0.05, 0) is 33.0 Å². The molecular formula is C21H13-. The van der Waals surface area contributed by atoms with E-state index >= 15 is 0 Å². The van der Waals surface area contributed by atoms with Crippen LogP contribution in [0.2, 0.25) is 0 Å². The second kappa shape index (κ2) is 3.67. The predicted molar refractivity (Wildman–Crippen MR) is 92.1 cm³/mol. The minimum Gasteiger partial charge on any atom is -0.198 e. The minimum absolute atomic E-state index is 1.11. The van der Waals surface area contributed by atoms with Crippen molar-refractivity contribution in [3.05, 3.63) is 79.2 Å². The van der Waals surface area contributed by atoms with Crippen molar-refractivity contribution in [2.75, 3.05) is 0 Å². The van der Waals surface area contributed by atoms with Crippen LogP contribution in [0.1, 0.15) is 5.56 Å². The summed E-state index contributed by atoms with van der Waals surface area (Å²) in [5, 5.41) is 10.5. The zero-order chi connectivity index (χ0) is 14.0. The molecule has 0 radical (unpaired) electrons. The van der Waals surface area contributed by atoms with Crippen LogP contribution in [0.15, 0.2) is 66.7 Å². The molecule has 5 aromatic rings. The van der Waals surface area contributed by atoms with Crippen LogP contribution in [-0.2, 0) is 0 Å². The van der Waals surface area contributed by atoms with Gasteiger partial charge in [-0.1, -0.05) is 59.3 Å². The zero-order valence-corrected chi connectivity index (χ0v) is 11.6. The number of benzene rings is 5. The first-order chi connectivity index (χ1) is 10.3. The largest absolute Gasteiger partial charge is 0.198 e. The van der Waals surface area contributed by atoms with Crippen LogP contribution >= 0.6 is 0 Å². The van der Waals surface area contributed by atoms with Crippen LogP contribution in [0.3, 0.4) is 0 Å². The summed E-state index contributed by atoms with van der Waals surface area (Å²) in [6.07, 6.45) is 0. The minimum atomic E-state index is 1.11. The Balaban J connectivity index is 2.25. The van der Waals surface area contributed by atoms with Gasteiger partial charge in [0.2, 0.25) is 0 Å². The molecule has 0 nitrogen and oxygen atoms in total. The van der Waals surface area contributed by atoms with Gasteiger partial charge in [-0.2, -0.15) is 18.6 Å². The Hall–Kier alpha value is -2.73. The molecule has 21 heavy (non-hydrogen) atoms. The molecule has 0 saturated carbocycles. The zero-order valence-electron chi connectivity index (χ0n) is 11.6. The van der Waals surface area contributed by atoms with E-state index < -0.39 is 0 Å². The van der Waals surface area contributed by atoms with Crippen molar-refractivity contribution in [1.29, 1.82) is 0 Å². The average molecular weight is 265 g/mol. The Bertz CT molecular complexity index is 1130. The quantitative estimate of drug-likeness (QED) is 0.185. The topological polar surface area (TPSA) is 0 Å². The lowest BCUT2D eigenvalue weighted by atomic mass is 9.89. The first-order valence-electron chi connectivity index (χ1n) is 7.24. The van der Waals surface area contributed by atoms with Crippen molar-refractivity contribution in [3.8, 4) is 0 Å². The van der Waals surface area contributed by atoms with E-state index in [1.165, 1.54) is 43.1 Å². The molecule has 98 valence electrons. The summed E-state index contributed by atoms with van der Waals surface area (Å²) >= 11 is 0. The maximum atomic E-state index is 4.28. The van der Waals surface area contributed by atoms with Crippen LogP contribution in [-0.4, -0.2) is 0 Å². The lowest BCUT2D eigenvalue weighted by Gasteiger charge is -2.19. The normalized spacial score (nSPS) is 12.0. The first kappa shape index (κ1) is 11.0. The van der Waals surface area contributed by atoms with Crippen LogP contribution in [0, 0.1) is 6.92 Å². The third kappa shape index (κ3) is 1.32. The standard InChI is InChI=1S/C21H13/c1-13-11-19-18-7-3-2-5-15(18)12-16-10-9-14-6-4-8-17(13)20(14)21(16)19/h2-12H,1H2/q-1. The van der Waals surface area contributed by atoms with Crippen molar-refractivity contribution < 1.29 is 0 Å². The predicted octanol–water partition coefficient (Wildman–Crippen LogP) is 5.92. The van der Waals surface area contributed by atoms with E-state index in [9.17, 15) is 0 Å². The smallest absolute Gasteiger partial charge is 0.0182 e. The molecule has 0 saturated heterocycles. The lowest BCUT2D eigenvalue weighted by molar-refractivity contribution is 1.73.